The summed E-state index contributed by atoms with van der Waals surface area (Å²) in [6.07, 6.45) is 0. The van der Waals surface area contributed by atoms with Crippen molar-refractivity contribution >= 4 is 38.6 Å². The van der Waals surface area contributed by atoms with Crippen LogP contribution < -0.4 is 4.90 Å². The first-order valence-electron chi connectivity index (χ1n) is 26.3. The van der Waals surface area contributed by atoms with E-state index in [9.17, 15) is 13.7 Å². The van der Waals surface area contributed by atoms with Crippen LogP contribution in [-0.4, -0.2) is 0 Å². The van der Waals surface area contributed by atoms with Crippen molar-refractivity contribution in [3.8, 4) is 44.5 Å². The Morgan fingerprint density at radius 3 is 1.31 bits per heavy atom. The molecular weight excluding hydrogens is 615 g/mol. The zero-order chi connectivity index (χ0) is 52.3. The predicted molar refractivity (Wildman–Crippen MR) is 218 cm³/mol. The second kappa shape index (κ2) is 13.3. The molecule has 240 valence electrons. The van der Waals surface area contributed by atoms with E-state index in [1.54, 1.807) is 84.9 Å². The molecule has 9 aromatic carbocycles. The molecule has 0 atom stereocenters. The highest BCUT2D eigenvalue weighted by molar-refractivity contribution is 5.98. The topological polar surface area (TPSA) is 3.24 Å². The van der Waals surface area contributed by atoms with Crippen LogP contribution in [0.1, 0.15) is 28.8 Å². The maximum Gasteiger partial charge on any atom is 0.0651 e. The number of hydrogen-bond donors (Lipinski definition) is 0. The summed E-state index contributed by atoms with van der Waals surface area (Å²) in [4.78, 5) is 0.672. The molecule has 0 aromatic heterocycles. The van der Waals surface area contributed by atoms with E-state index in [1.165, 1.54) is 0 Å². The highest BCUT2D eigenvalue weighted by Gasteiger charge is 2.15. The molecule has 0 spiro atoms. The smallest absolute Gasteiger partial charge is 0.0651 e. The largest absolute Gasteiger partial charge is 0.310 e. The highest BCUT2D eigenvalue weighted by atomic mass is 15.1. The Morgan fingerprint density at radius 2 is 0.745 bits per heavy atom. The fourth-order valence-corrected chi connectivity index (χ4v) is 5.84. The molecule has 0 bridgehead atoms. The van der Waals surface area contributed by atoms with Gasteiger partial charge in [0.2, 0.25) is 0 Å². The predicted octanol–water partition coefficient (Wildman–Crippen LogP) is 14.1. The van der Waals surface area contributed by atoms with Gasteiger partial charge in [-0.15, -0.1) is 0 Å². The third-order valence-electron chi connectivity index (χ3n) is 8.25. The monoisotopic (exact) mass is 670 g/mol. The molecule has 0 aliphatic heterocycles. The molecule has 0 saturated heterocycles. The van der Waals surface area contributed by atoms with Gasteiger partial charge in [-0.3, -0.25) is 0 Å². The van der Waals surface area contributed by atoms with Crippen LogP contribution >= 0.6 is 0 Å². The van der Waals surface area contributed by atoms with Crippen molar-refractivity contribution in [2.45, 2.75) is 0 Å². The van der Waals surface area contributed by atoms with Crippen molar-refractivity contribution in [2.75, 3.05) is 4.90 Å². The van der Waals surface area contributed by atoms with Crippen molar-refractivity contribution in [3.63, 3.8) is 0 Å². The van der Waals surface area contributed by atoms with Gasteiger partial charge in [0, 0.05) is 17.1 Å². The Kier molecular flexibility index (Phi) is 4.03. The standard InChI is InChI=1S/C50H35N/c1-2-11-36(12-3-1)37-23-25-38(26-24-37)39-27-31-44(32-28-39)51(45-33-29-42(30-34-45)49-21-9-15-40-13-4-6-19-47(40)49)46-18-8-17-43(35-46)50-22-10-16-41-14-5-7-20-48(41)50/h1-35H/i1D,2D,3D,8D,11D,12D,17D,18D,23D,24D,25D,26D,27D,28D,29D,30D,31D,32D,33D,34D,35D. The number of benzene rings is 9. The summed E-state index contributed by atoms with van der Waals surface area (Å²) in [7, 11) is 0. The minimum atomic E-state index is -1.06. The lowest BCUT2D eigenvalue weighted by atomic mass is 9.97. The van der Waals surface area contributed by atoms with Crippen LogP contribution in [0.4, 0.5) is 17.1 Å². The molecule has 0 heterocycles. The van der Waals surface area contributed by atoms with E-state index in [1.807, 2.05) is 0 Å². The summed E-state index contributed by atoms with van der Waals surface area (Å²) < 4.78 is 191. The van der Waals surface area contributed by atoms with Crippen molar-refractivity contribution in [1.29, 1.82) is 0 Å². The average molecular weight is 671 g/mol. The fourth-order valence-electron chi connectivity index (χ4n) is 5.84. The van der Waals surface area contributed by atoms with Crippen LogP contribution in [0, 0.1) is 0 Å². The Morgan fingerprint density at radius 1 is 0.314 bits per heavy atom. The van der Waals surface area contributed by atoms with Crippen molar-refractivity contribution in [2.24, 2.45) is 0 Å². The summed E-state index contributed by atoms with van der Waals surface area (Å²) in [5, 5.41) is 2.47. The van der Waals surface area contributed by atoms with E-state index in [0.29, 0.717) is 32.0 Å². The van der Waals surface area contributed by atoms with E-state index >= 15 is 0 Å². The SMILES string of the molecule is [2H]c1c([2H])c([2H])c(-c2c([2H])c([2H])c(-c3c([2H])c([2H])c(N(c4c([2H])c([2H])c(-c5cccc6ccccc56)c([2H])c4[2H])c4c([2H])c([2H])c([2H])c(-c5cccc6ccccc56)c4[2H])c([2H])c3[2H])c([2H])c2[2H])c([2H])c1[2H]. The van der Waals surface area contributed by atoms with Crippen molar-refractivity contribution in [1.82, 2.24) is 0 Å². The lowest BCUT2D eigenvalue weighted by Crippen LogP contribution is -2.10. The summed E-state index contributed by atoms with van der Waals surface area (Å²) >= 11 is 0. The molecule has 0 fully saturated rings. The van der Waals surface area contributed by atoms with Gasteiger partial charge in [-0.25, -0.2) is 0 Å². The lowest BCUT2D eigenvalue weighted by molar-refractivity contribution is 1.28. The fraction of sp³-hybridized carbons (Fsp3) is 0. The van der Waals surface area contributed by atoms with Gasteiger partial charge in [-0.1, -0.05) is 176 Å². The molecule has 51 heavy (non-hydrogen) atoms. The first-order valence-corrected chi connectivity index (χ1v) is 15.8. The molecule has 9 aromatic rings. The first kappa shape index (κ1) is 15.5. The van der Waals surface area contributed by atoms with Gasteiger partial charge < -0.3 is 4.90 Å². The Labute approximate surface area is 328 Å². The minimum Gasteiger partial charge on any atom is -0.310 e. The Balaban J connectivity index is 1.39. The molecule has 0 unspecified atom stereocenters. The molecule has 0 N–H and O–H groups in total. The van der Waals surface area contributed by atoms with Crippen molar-refractivity contribution < 1.29 is 28.8 Å². The summed E-state index contributed by atoms with van der Waals surface area (Å²) in [6, 6.07) is 6.06. The van der Waals surface area contributed by atoms with Gasteiger partial charge in [0.1, 0.15) is 0 Å². The second-order valence-corrected chi connectivity index (χ2v) is 11.3. The summed E-state index contributed by atoms with van der Waals surface area (Å²) in [5.74, 6) is 0. The molecule has 0 aliphatic carbocycles. The summed E-state index contributed by atoms with van der Waals surface area (Å²) in [5.41, 5.74) is -5.15. The second-order valence-electron chi connectivity index (χ2n) is 11.3. The van der Waals surface area contributed by atoms with Crippen LogP contribution in [0.3, 0.4) is 0 Å². The zero-order valence-corrected chi connectivity index (χ0v) is 26.5. The number of anilines is 3. The van der Waals surface area contributed by atoms with Crippen molar-refractivity contribution in [3.05, 3.63) is 212 Å². The summed E-state index contributed by atoms with van der Waals surface area (Å²) in [6.45, 7) is 0. The molecule has 0 radical (unpaired) electrons. The van der Waals surface area contributed by atoms with Gasteiger partial charge in [-0.2, -0.15) is 0 Å². The van der Waals surface area contributed by atoms with Crippen LogP contribution in [0.2, 0.25) is 0 Å². The average Bonchev–Trinajstić information content (AvgIpc) is 3.37. The minimum absolute atomic E-state index is 0.160. The van der Waals surface area contributed by atoms with E-state index in [0.717, 1.165) is 0 Å². The van der Waals surface area contributed by atoms with Gasteiger partial charge in [0.05, 0.1) is 28.8 Å². The number of rotatable bonds is 7. The van der Waals surface area contributed by atoms with E-state index in [4.69, 9.17) is 15.1 Å². The third-order valence-corrected chi connectivity index (χ3v) is 8.25. The number of hydrogen-bond acceptors (Lipinski definition) is 1. The quantitative estimate of drug-likeness (QED) is 0.163. The Bertz CT molecular complexity index is 3730. The van der Waals surface area contributed by atoms with Crippen LogP contribution in [0.25, 0.3) is 66.1 Å². The van der Waals surface area contributed by atoms with E-state index < -0.39 is 166 Å². The third kappa shape index (κ3) is 5.96. The Hall–Kier alpha value is -6.70. The molecule has 1 nitrogen and oxygen atoms in total. The van der Waals surface area contributed by atoms with Gasteiger partial charge in [0.15, 0.2) is 0 Å². The first-order chi connectivity index (χ1) is 34.1. The van der Waals surface area contributed by atoms with Gasteiger partial charge >= 0.3 is 0 Å². The molecule has 0 amide bonds. The molecule has 0 aliphatic rings. The van der Waals surface area contributed by atoms with Crippen LogP contribution in [0.15, 0.2) is 212 Å². The highest BCUT2D eigenvalue weighted by Crippen LogP contribution is 2.40. The normalized spacial score (nSPS) is 16.9. The maximum atomic E-state index is 9.82. The van der Waals surface area contributed by atoms with Crippen LogP contribution in [-0.2, 0) is 0 Å². The van der Waals surface area contributed by atoms with Gasteiger partial charge in [-0.05, 0) is 102 Å². The number of nitrogens with zero attached hydrogens (tertiary/aromatic N) is 1. The lowest BCUT2D eigenvalue weighted by Gasteiger charge is -2.26. The van der Waals surface area contributed by atoms with E-state index in [2.05, 4.69) is 0 Å². The molecule has 1 heteroatoms. The van der Waals surface area contributed by atoms with Crippen LogP contribution in [0.5, 0.6) is 0 Å². The zero-order valence-electron chi connectivity index (χ0n) is 47.5. The number of fused-ring (bicyclic) bond motifs is 2. The van der Waals surface area contributed by atoms with E-state index in [-0.39, 0.29) is 16.7 Å². The molecule has 0 saturated carbocycles. The molecule has 9 rings (SSSR count). The molecular formula is C50H35N. The van der Waals surface area contributed by atoms with Gasteiger partial charge in [0.25, 0.3) is 0 Å². The maximum absolute atomic E-state index is 9.82.